The van der Waals surface area contributed by atoms with Crippen LogP contribution in [0.4, 0.5) is 0 Å². The van der Waals surface area contributed by atoms with Gasteiger partial charge in [-0.2, -0.15) is 0 Å². The molecule has 0 bridgehead atoms. The summed E-state index contributed by atoms with van der Waals surface area (Å²) in [6.45, 7) is 2.25. The van der Waals surface area contributed by atoms with Gasteiger partial charge >= 0.3 is 102 Å². The van der Waals surface area contributed by atoms with Crippen molar-refractivity contribution in [1.82, 2.24) is 0 Å². The summed E-state index contributed by atoms with van der Waals surface area (Å²) in [5, 5.41) is 0.830. The number of halogens is 1. The molecule has 1 aromatic rings. The summed E-state index contributed by atoms with van der Waals surface area (Å²) in [5.41, 5.74) is 1.42. The van der Waals surface area contributed by atoms with E-state index in [1.54, 1.807) is 0 Å². The molecule has 0 amide bonds. The molecule has 0 heterocycles. The van der Waals surface area contributed by atoms with Gasteiger partial charge in [0.05, 0.1) is 0 Å². The maximum Gasteiger partial charge on any atom is -0.412 e. The molecule has 0 fully saturated rings. The molecule has 1 atom stereocenters. The van der Waals surface area contributed by atoms with E-state index in [-0.39, 0.29) is 5.48 Å². The molecule has 0 spiro atoms. The molecule has 0 aliphatic rings. The molecule has 0 radical (unpaired) electrons. The van der Waals surface area contributed by atoms with E-state index in [0.29, 0.717) is 0 Å². The summed E-state index contributed by atoms with van der Waals surface area (Å²) in [6, 6.07) is 8.13. The first-order valence-corrected chi connectivity index (χ1v) is 5.63. The maximum atomic E-state index is 5.73. The van der Waals surface area contributed by atoms with Crippen LogP contribution in [0.1, 0.15) is 12.5 Å². The van der Waals surface area contributed by atoms with Gasteiger partial charge < -0.3 is 5.48 Å². The fraction of sp³-hybridized carbons (Fsp3) is 0.250. The second kappa shape index (κ2) is 5.70. The molecule has 0 saturated heterocycles. The minimum atomic E-state index is 0. The maximum absolute atomic E-state index is 5.73. The Morgan fingerprint density at radius 3 is 2.09 bits per heavy atom. The van der Waals surface area contributed by atoms with Crippen LogP contribution in [0, 0.1) is 0 Å². The van der Waals surface area contributed by atoms with E-state index in [2.05, 4.69) is 19.1 Å². The third kappa shape index (κ3) is 4.04. The minimum absolute atomic E-state index is 0. The molecule has 56 valence electrons. The summed E-state index contributed by atoms with van der Waals surface area (Å²) in [4.78, 5) is 0. The number of benzene rings is 1. The fourth-order valence-corrected chi connectivity index (χ4v) is 1.57. The monoisotopic (exact) mass is 196 g/mol. The summed E-state index contributed by atoms with van der Waals surface area (Å²) in [5.74, 6) is 0. The molecule has 1 rings (SSSR count). The van der Waals surface area contributed by atoms with Gasteiger partial charge in [0.15, 0.2) is 0 Å². The van der Waals surface area contributed by atoms with Crippen molar-refractivity contribution >= 4 is 60.6 Å². The van der Waals surface area contributed by atoms with Crippen LogP contribution in [0.2, 0.25) is 5.02 Å². The normalized spacial score (nSPS) is 12.0. The van der Waals surface area contributed by atoms with Crippen molar-refractivity contribution in [3.63, 3.8) is 0 Å². The molecule has 3 heteroatoms. The number of hydrogen-bond donors (Lipinski definition) is 0. The average Bonchev–Trinajstić information content (AvgIpc) is 1.88. The van der Waals surface area contributed by atoms with E-state index in [1.807, 2.05) is 12.1 Å². The largest absolute Gasteiger partial charge is 0.412 e. The van der Waals surface area contributed by atoms with Crippen molar-refractivity contribution in [2.45, 2.75) is 6.94 Å². The molecular weight excluding hydrogens is 187 g/mol. The van der Waals surface area contributed by atoms with E-state index >= 15 is 0 Å². The first-order chi connectivity index (χ1) is 4.70. The molecule has 1 nitrogen and oxygen atoms in total. The van der Waals surface area contributed by atoms with Gasteiger partial charge in [0.2, 0.25) is 0 Å². The fourth-order valence-electron chi connectivity index (χ4n) is 0.848. The van der Waals surface area contributed by atoms with Crippen molar-refractivity contribution in [3.8, 4) is 0 Å². The Kier molecular flexibility index (Phi) is 6.27. The van der Waals surface area contributed by atoms with Crippen LogP contribution >= 0.6 is 11.6 Å². The standard InChI is InChI=1S/C8H8Cl.K.H2O/c1-2-7-3-5-8(9)6-4-7;;/h2-6H,1H3;;1H2. The molecule has 0 saturated carbocycles. The number of rotatable bonds is 1. The molecular formula is C8H10ClKO. The summed E-state index contributed by atoms with van der Waals surface area (Å²) < 4.78 is 0.782. The second-order valence-electron chi connectivity index (χ2n) is 2.71. The zero-order chi connectivity index (χ0) is 7.56. The average molecular weight is 197 g/mol. The van der Waals surface area contributed by atoms with E-state index < -0.39 is 0 Å². The van der Waals surface area contributed by atoms with Crippen LogP contribution in [0.5, 0.6) is 0 Å². The predicted octanol–water partition coefficient (Wildman–Crippen LogP) is 1.74. The topological polar surface area (TPSA) is 31.5 Å². The Hall–Kier alpha value is 1.11. The van der Waals surface area contributed by atoms with Gasteiger partial charge in [-0.15, -0.1) is 0 Å². The molecule has 0 aliphatic carbocycles. The summed E-state index contributed by atoms with van der Waals surface area (Å²) in [6.07, 6.45) is 0. The van der Waals surface area contributed by atoms with Gasteiger partial charge in [-0.3, -0.25) is 0 Å². The molecule has 11 heavy (non-hydrogen) atoms. The Balaban J connectivity index is 0.000001000. The smallest absolute Gasteiger partial charge is 0.412 e. The van der Waals surface area contributed by atoms with E-state index in [9.17, 15) is 0 Å². The van der Waals surface area contributed by atoms with Crippen LogP contribution in [0.3, 0.4) is 0 Å². The van der Waals surface area contributed by atoms with Crippen LogP contribution in [-0.4, -0.2) is 54.4 Å². The minimum Gasteiger partial charge on any atom is -0.412 e. The SMILES string of the molecule is C[CH]([K])c1ccc(Cl)cc1.O. The van der Waals surface area contributed by atoms with Crippen molar-refractivity contribution < 1.29 is 5.48 Å². The van der Waals surface area contributed by atoms with Crippen molar-refractivity contribution in [2.75, 3.05) is 0 Å². The Morgan fingerprint density at radius 1 is 1.27 bits per heavy atom. The van der Waals surface area contributed by atoms with E-state index in [4.69, 9.17) is 11.6 Å². The first-order valence-electron chi connectivity index (χ1n) is 3.45. The number of hydrogen-bond acceptors (Lipinski definition) is 0. The van der Waals surface area contributed by atoms with Gasteiger partial charge in [-0.1, -0.05) is 0 Å². The zero-order valence-electron chi connectivity index (χ0n) is 6.76. The quantitative estimate of drug-likeness (QED) is 0.613. The molecule has 0 aliphatic heterocycles. The van der Waals surface area contributed by atoms with E-state index in [0.717, 1.165) is 54.0 Å². The van der Waals surface area contributed by atoms with Gasteiger partial charge in [-0.05, 0) is 0 Å². The van der Waals surface area contributed by atoms with Gasteiger partial charge in [-0.25, -0.2) is 0 Å². The third-order valence-corrected chi connectivity index (χ3v) is 2.83. The van der Waals surface area contributed by atoms with Crippen LogP contribution < -0.4 is 0 Å². The van der Waals surface area contributed by atoms with Crippen LogP contribution in [0.15, 0.2) is 24.3 Å². The molecule has 1 unspecified atom stereocenters. The van der Waals surface area contributed by atoms with Crippen molar-refractivity contribution in [3.05, 3.63) is 34.9 Å². The van der Waals surface area contributed by atoms with Crippen LogP contribution in [0.25, 0.3) is 0 Å². The Bertz CT molecular complexity index is 208. The zero-order valence-corrected chi connectivity index (χ0v) is 10.6. The summed E-state index contributed by atoms with van der Waals surface area (Å²) in [7, 11) is 0. The third-order valence-electron chi connectivity index (χ3n) is 1.54. The Labute approximate surface area is 106 Å². The van der Waals surface area contributed by atoms with Crippen molar-refractivity contribution in [2.24, 2.45) is 0 Å². The van der Waals surface area contributed by atoms with Gasteiger partial charge in [0.25, 0.3) is 0 Å². The predicted molar refractivity (Wildman–Crippen MR) is 49.2 cm³/mol. The Morgan fingerprint density at radius 2 is 1.73 bits per heavy atom. The van der Waals surface area contributed by atoms with Gasteiger partial charge in [0.1, 0.15) is 0 Å². The van der Waals surface area contributed by atoms with Crippen molar-refractivity contribution in [1.29, 1.82) is 0 Å². The molecule has 1 aromatic carbocycles. The summed E-state index contributed by atoms with van der Waals surface area (Å²) >= 11 is 6.61. The molecule has 0 aromatic heterocycles. The van der Waals surface area contributed by atoms with E-state index in [1.165, 1.54) is 5.56 Å². The second-order valence-corrected chi connectivity index (χ2v) is 5.85. The molecule has 2 N–H and O–H groups in total. The first kappa shape index (κ1) is 12.1. The van der Waals surface area contributed by atoms with Gasteiger partial charge in [0, 0.05) is 0 Å². The van der Waals surface area contributed by atoms with Crippen LogP contribution in [-0.2, 0) is 0 Å².